The Kier molecular flexibility index (Phi) is 13.6. The maximum absolute atomic E-state index is 12.6. The molecule has 9 heteroatoms. The van der Waals surface area contributed by atoms with Gasteiger partial charge in [-0.25, -0.2) is 4.79 Å². The molecule has 0 bridgehead atoms. The van der Waals surface area contributed by atoms with Gasteiger partial charge in [-0.3, -0.25) is 4.79 Å². The standard InChI is InChI=1S/C28H36ClNO6S/c1-19(15-26(35-3)21-9-6-5-7-10-21)24(31)11-8-12-27(32)30-23(28(33)36-18-37-4)17-20-13-14-25(34-2)22(29)16-20/h5-10,12-14,16,19,23-24,26,31H,11,15,17-18H2,1-4H3,(H,30,32)/b12-8+/t19?,23-,24?,26?/m1/s1. The number of aliphatic hydroxyl groups excluding tert-OH is 1. The monoisotopic (exact) mass is 549 g/mol. The van der Waals surface area contributed by atoms with Crippen LogP contribution in [-0.4, -0.2) is 55.5 Å². The van der Waals surface area contributed by atoms with Crippen molar-refractivity contribution >= 4 is 35.2 Å². The van der Waals surface area contributed by atoms with Gasteiger partial charge in [0.05, 0.1) is 24.3 Å². The highest BCUT2D eigenvalue weighted by Crippen LogP contribution is 2.27. The van der Waals surface area contributed by atoms with E-state index in [2.05, 4.69) is 5.32 Å². The Balaban J connectivity index is 1.96. The van der Waals surface area contributed by atoms with E-state index in [0.29, 0.717) is 17.2 Å². The van der Waals surface area contributed by atoms with E-state index in [1.165, 1.54) is 24.9 Å². The maximum Gasteiger partial charge on any atom is 0.329 e. The smallest absolute Gasteiger partial charge is 0.329 e. The maximum atomic E-state index is 12.6. The van der Waals surface area contributed by atoms with E-state index < -0.39 is 24.0 Å². The van der Waals surface area contributed by atoms with Crippen molar-refractivity contribution in [1.29, 1.82) is 0 Å². The quantitative estimate of drug-likeness (QED) is 0.184. The Morgan fingerprint density at radius 3 is 2.51 bits per heavy atom. The van der Waals surface area contributed by atoms with Gasteiger partial charge in [0.2, 0.25) is 5.91 Å². The van der Waals surface area contributed by atoms with Crippen molar-refractivity contribution in [3.05, 3.63) is 76.8 Å². The molecule has 7 nitrogen and oxygen atoms in total. The summed E-state index contributed by atoms with van der Waals surface area (Å²) in [6.45, 7) is 1.95. The topological polar surface area (TPSA) is 94.1 Å². The molecule has 0 spiro atoms. The van der Waals surface area contributed by atoms with Crippen molar-refractivity contribution < 1.29 is 28.9 Å². The first-order valence-corrected chi connectivity index (χ1v) is 13.8. The summed E-state index contributed by atoms with van der Waals surface area (Å²) in [7, 11) is 3.18. The van der Waals surface area contributed by atoms with E-state index in [4.69, 9.17) is 25.8 Å². The summed E-state index contributed by atoms with van der Waals surface area (Å²) < 4.78 is 16.0. The molecule has 0 aliphatic rings. The van der Waals surface area contributed by atoms with Crippen LogP contribution in [0.4, 0.5) is 0 Å². The summed E-state index contributed by atoms with van der Waals surface area (Å²) in [5, 5.41) is 13.7. The molecular formula is C28H36ClNO6S. The van der Waals surface area contributed by atoms with E-state index >= 15 is 0 Å². The summed E-state index contributed by atoms with van der Waals surface area (Å²) in [4.78, 5) is 25.2. The summed E-state index contributed by atoms with van der Waals surface area (Å²) in [6.07, 6.45) is 5.09. The van der Waals surface area contributed by atoms with Crippen LogP contribution in [0.15, 0.2) is 60.7 Å². The number of ether oxygens (including phenoxy) is 3. The van der Waals surface area contributed by atoms with Gasteiger partial charge in [0.25, 0.3) is 0 Å². The van der Waals surface area contributed by atoms with Crippen LogP contribution in [0.2, 0.25) is 5.02 Å². The lowest BCUT2D eigenvalue weighted by Crippen LogP contribution is -2.42. The van der Waals surface area contributed by atoms with Gasteiger partial charge in [-0.15, -0.1) is 11.8 Å². The SMILES string of the molecule is COc1ccc(C[C@@H](NC(=O)/C=C/CC(O)C(C)CC(OC)c2ccccc2)C(=O)OCSC)cc1Cl. The Hall–Kier alpha value is -2.52. The largest absolute Gasteiger partial charge is 0.495 e. The number of amides is 1. The van der Waals surface area contributed by atoms with Crippen molar-refractivity contribution in [3.8, 4) is 5.75 Å². The van der Waals surface area contributed by atoms with Crippen LogP contribution in [0.3, 0.4) is 0 Å². The number of thioether (sulfide) groups is 1. The zero-order chi connectivity index (χ0) is 27.2. The molecule has 2 aromatic rings. The van der Waals surface area contributed by atoms with Crippen molar-refractivity contribution in [3.63, 3.8) is 0 Å². The molecule has 1 amide bonds. The Labute approximate surface area is 228 Å². The summed E-state index contributed by atoms with van der Waals surface area (Å²) in [5.41, 5.74) is 1.80. The van der Waals surface area contributed by atoms with Gasteiger partial charge in [0.15, 0.2) is 0 Å². The molecule has 2 rings (SSSR count). The van der Waals surface area contributed by atoms with Crippen LogP contribution in [0.25, 0.3) is 0 Å². The van der Waals surface area contributed by atoms with Gasteiger partial charge in [0, 0.05) is 13.5 Å². The zero-order valence-electron chi connectivity index (χ0n) is 21.7. The number of carbonyl (C=O) groups excluding carboxylic acids is 2. The van der Waals surface area contributed by atoms with Gasteiger partial charge < -0.3 is 24.6 Å². The van der Waals surface area contributed by atoms with Gasteiger partial charge >= 0.3 is 5.97 Å². The molecule has 0 saturated heterocycles. The first kappa shape index (κ1) is 30.7. The number of aliphatic hydroxyl groups is 1. The first-order valence-electron chi connectivity index (χ1n) is 12.0. The number of esters is 1. The molecule has 4 atom stereocenters. The molecule has 0 aliphatic carbocycles. The third-order valence-electron chi connectivity index (χ3n) is 5.92. The third-order valence-corrected chi connectivity index (χ3v) is 6.57. The predicted molar refractivity (Wildman–Crippen MR) is 148 cm³/mol. The molecule has 0 fully saturated rings. The van der Waals surface area contributed by atoms with E-state index in [1.807, 2.05) is 43.5 Å². The van der Waals surface area contributed by atoms with E-state index in [9.17, 15) is 14.7 Å². The van der Waals surface area contributed by atoms with Gasteiger partial charge in [0.1, 0.15) is 17.7 Å². The molecule has 2 aromatic carbocycles. The van der Waals surface area contributed by atoms with E-state index in [0.717, 1.165) is 11.1 Å². The van der Waals surface area contributed by atoms with Crippen molar-refractivity contribution in [2.24, 2.45) is 5.92 Å². The highest BCUT2D eigenvalue weighted by atomic mass is 35.5. The molecule has 3 unspecified atom stereocenters. The lowest BCUT2D eigenvalue weighted by atomic mass is 9.92. The van der Waals surface area contributed by atoms with Crippen LogP contribution >= 0.6 is 23.4 Å². The fourth-order valence-electron chi connectivity index (χ4n) is 3.78. The van der Waals surface area contributed by atoms with Gasteiger partial charge in [-0.05, 0) is 54.4 Å². The first-order chi connectivity index (χ1) is 17.8. The predicted octanol–water partition coefficient (Wildman–Crippen LogP) is 4.96. The summed E-state index contributed by atoms with van der Waals surface area (Å²) in [5.74, 6) is -0.355. The third kappa shape index (κ3) is 10.4. The molecule has 0 aliphatic heterocycles. The number of methoxy groups -OCH3 is 2. The number of hydrogen-bond acceptors (Lipinski definition) is 7. The Morgan fingerprint density at radius 1 is 1.16 bits per heavy atom. The molecule has 202 valence electrons. The molecule has 0 radical (unpaired) electrons. The normalized spacial score (nSPS) is 14.5. The van der Waals surface area contributed by atoms with Crippen molar-refractivity contribution in [2.75, 3.05) is 26.4 Å². The molecule has 0 heterocycles. The zero-order valence-corrected chi connectivity index (χ0v) is 23.3. The number of nitrogens with one attached hydrogen (secondary N) is 1. The van der Waals surface area contributed by atoms with E-state index in [-0.39, 0.29) is 30.8 Å². The molecule has 37 heavy (non-hydrogen) atoms. The molecule has 2 N–H and O–H groups in total. The van der Waals surface area contributed by atoms with E-state index in [1.54, 1.807) is 31.4 Å². The van der Waals surface area contributed by atoms with Gasteiger partial charge in [-0.2, -0.15) is 0 Å². The number of hydrogen-bond donors (Lipinski definition) is 2. The summed E-state index contributed by atoms with van der Waals surface area (Å²) >= 11 is 7.57. The average Bonchev–Trinajstić information content (AvgIpc) is 2.90. The number of benzene rings is 2. The minimum atomic E-state index is -0.897. The fraction of sp³-hybridized carbons (Fsp3) is 0.429. The summed E-state index contributed by atoms with van der Waals surface area (Å²) in [6, 6.07) is 14.1. The van der Waals surface area contributed by atoms with Crippen LogP contribution < -0.4 is 10.1 Å². The second-order valence-electron chi connectivity index (χ2n) is 8.66. The molecule has 0 aromatic heterocycles. The minimum Gasteiger partial charge on any atom is -0.495 e. The Morgan fingerprint density at radius 2 is 1.89 bits per heavy atom. The second-order valence-corrected chi connectivity index (χ2v) is 9.88. The van der Waals surface area contributed by atoms with Crippen molar-refractivity contribution in [2.45, 2.75) is 44.4 Å². The Bertz CT molecular complexity index is 1020. The number of rotatable bonds is 15. The minimum absolute atomic E-state index is 0.0630. The van der Waals surface area contributed by atoms with Crippen molar-refractivity contribution in [1.82, 2.24) is 5.32 Å². The lowest BCUT2D eigenvalue weighted by molar-refractivity contribution is -0.145. The second kappa shape index (κ2) is 16.3. The average molecular weight is 550 g/mol. The molecular weight excluding hydrogens is 514 g/mol. The van der Waals surface area contributed by atoms with Gasteiger partial charge in [-0.1, -0.05) is 61.0 Å². The van der Waals surface area contributed by atoms with Crippen LogP contribution in [0.1, 0.15) is 37.0 Å². The van der Waals surface area contributed by atoms with Crippen LogP contribution in [0.5, 0.6) is 5.75 Å². The van der Waals surface area contributed by atoms with Crippen LogP contribution in [-0.2, 0) is 25.5 Å². The lowest BCUT2D eigenvalue weighted by Gasteiger charge is -2.23. The number of carbonyl (C=O) groups is 2. The van der Waals surface area contributed by atoms with Crippen LogP contribution in [0, 0.1) is 5.92 Å². The fourth-order valence-corrected chi connectivity index (χ4v) is 4.30. The number of halogens is 1. The molecule has 0 saturated carbocycles. The highest BCUT2D eigenvalue weighted by molar-refractivity contribution is 7.98. The highest BCUT2D eigenvalue weighted by Gasteiger charge is 2.23.